The second-order valence-corrected chi connectivity index (χ2v) is 12.9. The van der Waals surface area contributed by atoms with Crippen molar-refractivity contribution in [3.63, 3.8) is 0 Å². The zero-order valence-electron chi connectivity index (χ0n) is 21.4. The fourth-order valence-electron chi connectivity index (χ4n) is 5.98. The number of carbonyl (C=O) groups is 1. The predicted octanol–water partition coefficient (Wildman–Crippen LogP) is 4.66. The molecule has 10 heteroatoms. The Bertz CT molecular complexity index is 1720. The molecule has 1 fully saturated rings. The topological polar surface area (TPSA) is 82.7 Å². The Morgan fingerprint density at radius 1 is 1.15 bits per heavy atom. The van der Waals surface area contributed by atoms with Crippen LogP contribution in [-0.4, -0.2) is 46.2 Å². The number of hydrogen-bond acceptors (Lipinski definition) is 5. The van der Waals surface area contributed by atoms with E-state index in [0.717, 1.165) is 23.3 Å². The minimum atomic E-state index is -2.63. The smallest absolute Gasteiger partial charge is 0.191 e. The molecular formula is C29H27F2N5O2S. The van der Waals surface area contributed by atoms with Crippen molar-refractivity contribution < 1.29 is 17.8 Å². The number of Topliss-reactive ketones (excluding diaryl/α,β-unsaturated/α-hetero) is 1. The summed E-state index contributed by atoms with van der Waals surface area (Å²) in [7, 11) is -0.868. The van der Waals surface area contributed by atoms with Gasteiger partial charge < -0.3 is 0 Å². The molecule has 0 aliphatic heterocycles. The maximum Gasteiger partial charge on any atom is 0.191 e. The van der Waals surface area contributed by atoms with Crippen molar-refractivity contribution in [3.8, 4) is 5.69 Å². The number of aryl methyl sites for hydroxylation is 1. The number of fused-ring (bicyclic) bond motifs is 2. The zero-order chi connectivity index (χ0) is 27.4. The van der Waals surface area contributed by atoms with Crippen molar-refractivity contribution in [2.75, 3.05) is 5.75 Å². The van der Waals surface area contributed by atoms with Crippen molar-refractivity contribution >= 4 is 27.3 Å². The molecule has 1 aromatic carbocycles. The summed E-state index contributed by atoms with van der Waals surface area (Å²) in [6, 6.07) is 8.47. The summed E-state index contributed by atoms with van der Waals surface area (Å²) in [5, 5.41) is 8.70. The van der Waals surface area contributed by atoms with E-state index in [-0.39, 0.29) is 23.2 Å². The molecular weight excluding hydrogens is 520 g/mol. The van der Waals surface area contributed by atoms with Gasteiger partial charge >= 0.3 is 0 Å². The van der Waals surface area contributed by atoms with E-state index in [9.17, 15) is 17.8 Å². The average Bonchev–Trinajstić information content (AvgIpc) is 3.53. The Balaban J connectivity index is 1.40. The van der Waals surface area contributed by atoms with Crippen molar-refractivity contribution in [2.45, 2.75) is 30.6 Å². The molecule has 2 aliphatic carbocycles. The minimum absolute atomic E-state index is 0.0569. The molecule has 1 saturated carbocycles. The predicted molar refractivity (Wildman–Crippen MR) is 145 cm³/mol. The highest BCUT2D eigenvalue weighted by Gasteiger charge is 2.49. The summed E-state index contributed by atoms with van der Waals surface area (Å²) in [5.41, 5.74) is 2.42. The van der Waals surface area contributed by atoms with Crippen LogP contribution in [0.25, 0.3) is 11.8 Å². The van der Waals surface area contributed by atoms with Gasteiger partial charge in [0.2, 0.25) is 0 Å². The third-order valence-electron chi connectivity index (χ3n) is 7.84. The molecule has 39 heavy (non-hydrogen) atoms. The first-order chi connectivity index (χ1) is 18.6. The molecule has 4 aromatic rings. The molecule has 0 spiro atoms. The first-order valence-electron chi connectivity index (χ1n) is 12.7. The Morgan fingerprint density at radius 3 is 2.67 bits per heavy atom. The maximum absolute atomic E-state index is 14.2. The number of aromatic nitrogens is 5. The van der Waals surface area contributed by atoms with Crippen LogP contribution in [-0.2, 0) is 23.0 Å². The minimum Gasteiger partial charge on any atom is -0.291 e. The summed E-state index contributed by atoms with van der Waals surface area (Å²) in [5.74, 6) is 3.18. The third kappa shape index (κ3) is 4.52. The van der Waals surface area contributed by atoms with Gasteiger partial charge in [0, 0.05) is 31.3 Å². The Hall–Kier alpha value is -3.92. The van der Waals surface area contributed by atoms with Crippen LogP contribution in [0.15, 0.2) is 71.7 Å². The van der Waals surface area contributed by atoms with Gasteiger partial charge in [-0.05, 0) is 89.0 Å². The second kappa shape index (κ2) is 9.37. The van der Waals surface area contributed by atoms with Crippen molar-refractivity contribution in [1.82, 2.24) is 24.5 Å². The van der Waals surface area contributed by atoms with Gasteiger partial charge in [0.25, 0.3) is 0 Å². The SMILES string of the molecule is C=S(=O)(C[C@H]1CCC2=Cc3c(cnn3-c3ccc(F)cc3)C[C@]2(C(=O)c2cc(F)ccn2)C1)c1cnn(C)c1. The van der Waals surface area contributed by atoms with Crippen molar-refractivity contribution in [1.29, 1.82) is 0 Å². The molecule has 3 atom stereocenters. The zero-order valence-corrected chi connectivity index (χ0v) is 22.2. The van der Waals surface area contributed by atoms with Crippen LogP contribution in [0.4, 0.5) is 8.78 Å². The van der Waals surface area contributed by atoms with Gasteiger partial charge in [0.05, 0.1) is 34.1 Å². The fraction of sp³-hybridized carbons (Fsp3) is 0.276. The van der Waals surface area contributed by atoms with Gasteiger partial charge in [-0.1, -0.05) is 5.57 Å². The fourth-order valence-corrected chi connectivity index (χ4v) is 7.81. The molecule has 0 bridgehead atoms. The highest BCUT2D eigenvalue weighted by Crippen LogP contribution is 2.52. The van der Waals surface area contributed by atoms with Gasteiger partial charge in [0.1, 0.15) is 17.3 Å². The first-order valence-corrected chi connectivity index (χ1v) is 14.6. The lowest BCUT2D eigenvalue weighted by molar-refractivity contribution is 0.0763. The van der Waals surface area contributed by atoms with E-state index in [2.05, 4.69) is 21.1 Å². The number of pyridine rings is 1. The molecule has 0 radical (unpaired) electrons. The number of carbonyl (C=O) groups excluding carboxylic acids is 1. The summed E-state index contributed by atoms with van der Waals surface area (Å²) in [6.07, 6.45) is 10.4. The van der Waals surface area contributed by atoms with E-state index in [1.165, 1.54) is 30.5 Å². The maximum atomic E-state index is 14.2. The monoisotopic (exact) mass is 547 g/mol. The molecule has 0 amide bonds. The van der Waals surface area contributed by atoms with Crippen LogP contribution in [0.3, 0.4) is 0 Å². The second-order valence-electron chi connectivity index (χ2n) is 10.5. The van der Waals surface area contributed by atoms with Gasteiger partial charge in [-0.15, -0.1) is 0 Å². The largest absolute Gasteiger partial charge is 0.291 e. The van der Waals surface area contributed by atoms with Crippen LogP contribution in [0.1, 0.15) is 41.0 Å². The molecule has 0 saturated heterocycles. The first kappa shape index (κ1) is 25.4. The molecule has 7 nitrogen and oxygen atoms in total. The Morgan fingerprint density at radius 2 is 1.95 bits per heavy atom. The number of allylic oxidation sites excluding steroid dienone is 1. The highest BCUT2D eigenvalue weighted by atomic mass is 32.2. The summed E-state index contributed by atoms with van der Waals surface area (Å²) < 4.78 is 44.7. The number of hydrogen-bond donors (Lipinski definition) is 0. The number of ketones is 1. The molecule has 0 N–H and O–H groups in total. The molecule has 3 heterocycles. The molecule has 200 valence electrons. The lowest BCUT2D eigenvalue weighted by atomic mass is 9.59. The number of rotatable bonds is 6. The van der Waals surface area contributed by atoms with E-state index in [1.54, 1.807) is 47.1 Å². The van der Waals surface area contributed by atoms with E-state index >= 15 is 0 Å². The number of nitrogens with zero attached hydrogens (tertiary/aromatic N) is 5. The normalized spacial score (nSPS) is 21.9. The van der Waals surface area contributed by atoms with E-state index in [0.29, 0.717) is 35.6 Å². The van der Waals surface area contributed by atoms with Gasteiger partial charge in [0.15, 0.2) is 5.78 Å². The van der Waals surface area contributed by atoms with Gasteiger partial charge in [-0.2, -0.15) is 10.2 Å². The van der Waals surface area contributed by atoms with Crippen molar-refractivity contribution in [3.05, 3.63) is 95.3 Å². The molecule has 1 unspecified atom stereocenters. The standard InChI is InChI=1S/C29H27F2N5O2S/c1-35-17-25(16-33-35)39(2,38)18-19-3-4-21-11-27-20(15-34-36(27)24-7-5-22(30)6-8-24)14-29(21,13-19)28(37)26-12-23(31)9-10-32-26/h5-12,15-17,19H,2-4,13-14,18H2,1H3/t19-,29+,39?/m0/s1. The van der Waals surface area contributed by atoms with E-state index < -0.39 is 20.8 Å². The van der Waals surface area contributed by atoms with Crippen LogP contribution in [0.2, 0.25) is 0 Å². The quantitative estimate of drug-likeness (QED) is 0.259. The number of benzene rings is 1. The molecule has 2 aliphatic rings. The number of halogens is 2. The van der Waals surface area contributed by atoms with Crippen LogP contribution in [0, 0.1) is 23.0 Å². The lowest BCUT2D eigenvalue weighted by Gasteiger charge is -2.44. The third-order valence-corrected chi connectivity index (χ3v) is 9.92. The summed E-state index contributed by atoms with van der Waals surface area (Å²) >= 11 is 0. The van der Waals surface area contributed by atoms with Crippen molar-refractivity contribution in [2.24, 2.45) is 18.4 Å². The van der Waals surface area contributed by atoms with Crippen LogP contribution < -0.4 is 0 Å². The van der Waals surface area contributed by atoms with E-state index in [4.69, 9.17) is 0 Å². The van der Waals surface area contributed by atoms with Crippen LogP contribution >= 0.6 is 0 Å². The lowest BCUT2D eigenvalue weighted by Crippen LogP contribution is -2.43. The summed E-state index contributed by atoms with van der Waals surface area (Å²) in [6.45, 7) is 0. The highest BCUT2D eigenvalue weighted by molar-refractivity contribution is 8.00. The summed E-state index contributed by atoms with van der Waals surface area (Å²) in [4.78, 5) is 19.0. The van der Waals surface area contributed by atoms with Gasteiger partial charge in [-0.25, -0.2) is 13.5 Å². The van der Waals surface area contributed by atoms with Crippen LogP contribution in [0.5, 0.6) is 0 Å². The van der Waals surface area contributed by atoms with Gasteiger partial charge in [-0.3, -0.25) is 18.7 Å². The van der Waals surface area contributed by atoms with E-state index in [1.807, 2.05) is 6.08 Å². The Labute approximate surface area is 225 Å². The molecule has 6 rings (SSSR count). The average molecular weight is 548 g/mol. The molecule has 3 aromatic heterocycles. The Kier molecular flexibility index (Phi) is 6.10.